The molecule has 0 saturated carbocycles. The standard InChI is InChI=1S/C17H20BrNOS/c1-11(12-5-3-6-13(9-12)20-2)19-15-7-4-8-16-14(15)10-17(18)21-16/h3,5-6,9-11,15,19H,4,7-8H2,1-2H3. The van der Waals surface area contributed by atoms with Crippen LogP contribution < -0.4 is 10.1 Å². The lowest BCUT2D eigenvalue weighted by atomic mass is 9.93. The van der Waals surface area contributed by atoms with Crippen LogP contribution in [0, 0.1) is 0 Å². The lowest BCUT2D eigenvalue weighted by Gasteiger charge is -2.27. The first-order valence-electron chi connectivity index (χ1n) is 7.35. The maximum absolute atomic E-state index is 5.32. The third kappa shape index (κ3) is 3.33. The zero-order valence-electron chi connectivity index (χ0n) is 12.4. The third-order valence-corrected chi connectivity index (χ3v) is 5.84. The van der Waals surface area contributed by atoms with Crippen LogP contribution in [0.15, 0.2) is 34.1 Å². The van der Waals surface area contributed by atoms with Gasteiger partial charge in [-0.25, -0.2) is 0 Å². The van der Waals surface area contributed by atoms with Crippen LogP contribution in [-0.4, -0.2) is 7.11 Å². The first-order valence-corrected chi connectivity index (χ1v) is 8.96. The number of rotatable bonds is 4. The van der Waals surface area contributed by atoms with E-state index in [0.29, 0.717) is 12.1 Å². The van der Waals surface area contributed by atoms with Gasteiger partial charge in [-0.2, -0.15) is 0 Å². The molecule has 0 saturated heterocycles. The Labute approximate surface area is 138 Å². The number of methoxy groups -OCH3 is 1. The number of hydrogen-bond acceptors (Lipinski definition) is 3. The molecule has 2 aromatic rings. The Kier molecular flexibility index (Phi) is 4.67. The molecule has 0 fully saturated rings. The van der Waals surface area contributed by atoms with Gasteiger partial charge in [0.1, 0.15) is 5.75 Å². The smallest absolute Gasteiger partial charge is 0.119 e. The van der Waals surface area contributed by atoms with Gasteiger partial charge in [-0.1, -0.05) is 12.1 Å². The Morgan fingerprint density at radius 3 is 3.05 bits per heavy atom. The molecule has 1 aromatic carbocycles. The molecule has 0 aliphatic heterocycles. The molecule has 1 aliphatic carbocycles. The average molecular weight is 366 g/mol. The van der Waals surface area contributed by atoms with Crippen LogP contribution in [-0.2, 0) is 6.42 Å². The van der Waals surface area contributed by atoms with Gasteiger partial charge in [0.05, 0.1) is 10.9 Å². The Balaban J connectivity index is 1.77. The third-order valence-electron chi connectivity index (χ3n) is 4.13. The Morgan fingerprint density at radius 1 is 1.38 bits per heavy atom. The number of hydrogen-bond donors (Lipinski definition) is 1. The number of benzene rings is 1. The second-order valence-corrected chi connectivity index (χ2v) is 8.05. The van der Waals surface area contributed by atoms with Gasteiger partial charge in [-0.3, -0.25) is 0 Å². The maximum Gasteiger partial charge on any atom is 0.119 e. The monoisotopic (exact) mass is 365 g/mol. The van der Waals surface area contributed by atoms with Gasteiger partial charge in [0, 0.05) is 17.0 Å². The summed E-state index contributed by atoms with van der Waals surface area (Å²) in [6.07, 6.45) is 3.70. The van der Waals surface area contributed by atoms with Crippen molar-refractivity contribution < 1.29 is 4.74 Å². The Bertz CT molecular complexity index is 625. The summed E-state index contributed by atoms with van der Waals surface area (Å²) in [6, 6.07) is 11.4. The topological polar surface area (TPSA) is 21.3 Å². The van der Waals surface area contributed by atoms with E-state index in [1.54, 1.807) is 7.11 Å². The second kappa shape index (κ2) is 6.51. The van der Waals surface area contributed by atoms with Crippen LogP contribution >= 0.6 is 27.3 Å². The SMILES string of the molecule is COc1cccc(C(C)NC2CCCc3sc(Br)cc32)c1. The van der Waals surface area contributed by atoms with Crippen molar-refractivity contribution in [3.05, 3.63) is 50.1 Å². The highest BCUT2D eigenvalue weighted by atomic mass is 79.9. The van der Waals surface area contributed by atoms with Crippen LogP contribution in [0.1, 0.15) is 47.9 Å². The van der Waals surface area contributed by atoms with E-state index >= 15 is 0 Å². The molecule has 0 radical (unpaired) electrons. The summed E-state index contributed by atoms with van der Waals surface area (Å²) in [6.45, 7) is 2.23. The maximum atomic E-state index is 5.32. The first-order chi connectivity index (χ1) is 10.2. The zero-order chi connectivity index (χ0) is 14.8. The molecule has 0 spiro atoms. The lowest BCUT2D eigenvalue weighted by Crippen LogP contribution is -2.27. The molecule has 2 nitrogen and oxygen atoms in total. The number of thiophene rings is 1. The predicted octanol–water partition coefficient (Wildman–Crippen LogP) is 5.25. The molecule has 0 amide bonds. The van der Waals surface area contributed by atoms with E-state index in [1.807, 2.05) is 17.4 Å². The molecule has 2 atom stereocenters. The number of fused-ring (bicyclic) bond motifs is 1. The molecule has 3 rings (SSSR count). The molecule has 1 aliphatic rings. The molecular formula is C17H20BrNOS. The van der Waals surface area contributed by atoms with Crippen molar-refractivity contribution in [3.8, 4) is 5.75 Å². The average Bonchev–Trinajstić information content (AvgIpc) is 2.88. The lowest BCUT2D eigenvalue weighted by molar-refractivity contribution is 0.405. The van der Waals surface area contributed by atoms with Crippen LogP contribution in [0.4, 0.5) is 0 Å². The summed E-state index contributed by atoms with van der Waals surface area (Å²) in [4.78, 5) is 1.53. The van der Waals surface area contributed by atoms with Gasteiger partial charge in [0.15, 0.2) is 0 Å². The van der Waals surface area contributed by atoms with Gasteiger partial charge >= 0.3 is 0 Å². The van der Waals surface area contributed by atoms with E-state index in [1.165, 1.54) is 39.1 Å². The summed E-state index contributed by atoms with van der Waals surface area (Å²) in [5.74, 6) is 0.920. The van der Waals surface area contributed by atoms with Crippen molar-refractivity contribution in [2.45, 2.75) is 38.3 Å². The molecule has 112 valence electrons. The highest BCUT2D eigenvalue weighted by Crippen LogP contribution is 2.39. The van der Waals surface area contributed by atoms with Gasteiger partial charge in [-0.15, -0.1) is 11.3 Å². The molecule has 1 aromatic heterocycles. The number of nitrogens with one attached hydrogen (secondary N) is 1. The first kappa shape index (κ1) is 15.1. The van der Waals surface area contributed by atoms with Gasteiger partial charge in [-0.05, 0) is 71.4 Å². The van der Waals surface area contributed by atoms with Crippen molar-refractivity contribution in [3.63, 3.8) is 0 Å². The molecule has 21 heavy (non-hydrogen) atoms. The van der Waals surface area contributed by atoms with E-state index in [9.17, 15) is 0 Å². The minimum absolute atomic E-state index is 0.315. The number of aryl methyl sites for hydroxylation is 1. The van der Waals surface area contributed by atoms with Crippen molar-refractivity contribution in [1.29, 1.82) is 0 Å². The summed E-state index contributed by atoms with van der Waals surface area (Å²) >= 11 is 5.50. The Morgan fingerprint density at radius 2 is 2.24 bits per heavy atom. The molecular weight excluding hydrogens is 346 g/mol. The Hall–Kier alpha value is -0.840. The van der Waals surface area contributed by atoms with Gasteiger partial charge in [0.25, 0.3) is 0 Å². The van der Waals surface area contributed by atoms with Crippen molar-refractivity contribution >= 4 is 27.3 Å². The molecule has 0 bridgehead atoms. The fraction of sp³-hybridized carbons (Fsp3) is 0.412. The van der Waals surface area contributed by atoms with Crippen LogP contribution in [0.5, 0.6) is 5.75 Å². The van der Waals surface area contributed by atoms with Crippen LogP contribution in [0.3, 0.4) is 0 Å². The van der Waals surface area contributed by atoms with Crippen molar-refractivity contribution in [2.24, 2.45) is 0 Å². The van der Waals surface area contributed by atoms with Crippen molar-refractivity contribution in [2.75, 3.05) is 7.11 Å². The number of ether oxygens (including phenoxy) is 1. The largest absolute Gasteiger partial charge is 0.497 e. The number of halogens is 1. The minimum atomic E-state index is 0.315. The van der Waals surface area contributed by atoms with Crippen molar-refractivity contribution in [1.82, 2.24) is 5.32 Å². The highest BCUT2D eigenvalue weighted by Gasteiger charge is 2.24. The molecule has 1 heterocycles. The molecule has 4 heteroatoms. The van der Waals surface area contributed by atoms with E-state index in [2.05, 4.69) is 52.4 Å². The predicted molar refractivity (Wildman–Crippen MR) is 92.2 cm³/mol. The fourth-order valence-corrected chi connectivity index (χ4v) is 4.82. The highest BCUT2D eigenvalue weighted by molar-refractivity contribution is 9.11. The molecule has 1 N–H and O–H groups in total. The quantitative estimate of drug-likeness (QED) is 0.798. The van der Waals surface area contributed by atoms with Crippen LogP contribution in [0.25, 0.3) is 0 Å². The minimum Gasteiger partial charge on any atom is -0.497 e. The van der Waals surface area contributed by atoms with Gasteiger partial charge in [0.2, 0.25) is 0 Å². The summed E-state index contributed by atoms with van der Waals surface area (Å²) in [5, 5.41) is 3.79. The van der Waals surface area contributed by atoms with E-state index in [4.69, 9.17) is 4.74 Å². The summed E-state index contributed by atoms with van der Waals surface area (Å²) in [7, 11) is 1.72. The van der Waals surface area contributed by atoms with E-state index < -0.39 is 0 Å². The second-order valence-electron chi connectivity index (χ2n) is 5.54. The zero-order valence-corrected chi connectivity index (χ0v) is 14.8. The normalized spacial score (nSPS) is 19.1. The van der Waals surface area contributed by atoms with E-state index in [-0.39, 0.29) is 0 Å². The molecule has 2 unspecified atom stereocenters. The fourth-order valence-electron chi connectivity index (χ4n) is 3.00. The summed E-state index contributed by atoms with van der Waals surface area (Å²) < 4.78 is 6.57. The van der Waals surface area contributed by atoms with Crippen LogP contribution in [0.2, 0.25) is 0 Å². The van der Waals surface area contributed by atoms with Gasteiger partial charge < -0.3 is 10.1 Å². The summed E-state index contributed by atoms with van der Waals surface area (Å²) in [5.41, 5.74) is 2.75. The van der Waals surface area contributed by atoms with E-state index in [0.717, 1.165) is 5.75 Å².